The maximum absolute atomic E-state index is 12.3. The first-order valence-electron chi connectivity index (χ1n) is 4.65. The topological polar surface area (TPSA) is 17.1 Å². The van der Waals surface area contributed by atoms with Gasteiger partial charge in [0.1, 0.15) is 0 Å². The van der Waals surface area contributed by atoms with Crippen molar-refractivity contribution in [1.82, 2.24) is 0 Å². The zero-order valence-corrected chi connectivity index (χ0v) is 8.80. The Bertz CT molecular complexity index is 238. The van der Waals surface area contributed by atoms with E-state index in [4.69, 9.17) is 0 Å². The standard InChI is InChI=1S/C9H12F6O/c1-3-4-5-6(16)7(2,8(10,11)12)9(13,14)15/h3-5H2,1-2H3. The molecule has 0 amide bonds. The van der Waals surface area contributed by atoms with Gasteiger partial charge in [0.2, 0.25) is 5.41 Å². The highest BCUT2D eigenvalue weighted by molar-refractivity contribution is 5.86. The molecule has 0 fully saturated rings. The van der Waals surface area contributed by atoms with Gasteiger partial charge < -0.3 is 0 Å². The van der Waals surface area contributed by atoms with Crippen molar-refractivity contribution >= 4 is 5.78 Å². The lowest BCUT2D eigenvalue weighted by atomic mass is 9.81. The molecule has 0 atom stereocenters. The van der Waals surface area contributed by atoms with Gasteiger partial charge in [-0.15, -0.1) is 0 Å². The number of ketones is 1. The van der Waals surface area contributed by atoms with Crippen LogP contribution in [0.4, 0.5) is 26.3 Å². The number of rotatable bonds is 4. The van der Waals surface area contributed by atoms with Gasteiger partial charge in [0.15, 0.2) is 5.78 Å². The molecule has 0 aromatic rings. The van der Waals surface area contributed by atoms with Gasteiger partial charge in [0.25, 0.3) is 0 Å². The van der Waals surface area contributed by atoms with E-state index in [2.05, 4.69) is 0 Å². The molecule has 0 rings (SSSR count). The molecule has 16 heavy (non-hydrogen) atoms. The minimum Gasteiger partial charge on any atom is -0.298 e. The average Bonchev–Trinajstić information content (AvgIpc) is 2.08. The maximum atomic E-state index is 12.3. The number of alkyl halides is 6. The highest BCUT2D eigenvalue weighted by Crippen LogP contribution is 2.51. The summed E-state index contributed by atoms with van der Waals surface area (Å²) in [5, 5.41) is 0. The number of hydrogen-bond acceptors (Lipinski definition) is 1. The fourth-order valence-electron chi connectivity index (χ4n) is 1.06. The smallest absolute Gasteiger partial charge is 0.298 e. The minimum atomic E-state index is -5.62. The Morgan fingerprint density at radius 1 is 1.00 bits per heavy atom. The molecule has 0 spiro atoms. The van der Waals surface area contributed by atoms with Crippen LogP contribution in [0, 0.1) is 5.41 Å². The zero-order chi connectivity index (χ0) is 13.2. The maximum Gasteiger partial charge on any atom is 0.409 e. The normalized spacial score (nSPS) is 14.0. The van der Waals surface area contributed by atoms with E-state index < -0.39 is 30.0 Å². The quantitative estimate of drug-likeness (QED) is 0.692. The predicted octanol–water partition coefficient (Wildman–Crippen LogP) is 3.88. The van der Waals surface area contributed by atoms with Crippen LogP contribution in [0.2, 0.25) is 0 Å². The number of carbonyl (C=O) groups is 1. The molecule has 0 aliphatic heterocycles. The molecule has 1 nitrogen and oxygen atoms in total. The van der Waals surface area contributed by atoms with Gasteiger partial charge in [0.05, 0.1) is 0 Å². The summed E-state index contributed by atoms with van der Waals surface area (Å²) >= 11 is 0. The van der Waals surface area contributed by atoms with Crippen LogP contribution in [-0.4, -0.2) is 18.1 Å². The molecule has 0 aliphatic rings. The summed E-state index contributed by atoms with van der Waals surface area (Å²) in [6.07, 6.45) is -11.6. The van der Waals surface area contributed by atoms with Crippen LogP contribution >= 0.6 is 0 Å². The van der Waals surface area contributed by atoms with Gasteiger partial charge in [-0.2, -0.15) is 26.3 Å². The Hall–Kier alpha value is -0.750. The van der Waals surface area contributed by atoms with Gasteiger partial charge in [-0.1, -0.05) is 13.3 Å². The Kier molecular flexibility index (Phi) is 4.41. The highest BCUT2D eigenvalue weighted by Gasteiger charge is 2.71. The summed E-state index contributed by atoms with van der Waals surface area (Å²) in [7, 11) is 0. The molecule has 0 heterocycles. The lowest BCUT2D eigenvalue weighted by molar-refractivity contribution is -0.318. The number of hydrogen-bond donors (Lipinski definition) is 0. The lowest BCUT2D eigenvalue weighted by Crippen LogP contribution is -2.53. The van der Waals surface area contributed by atoms with Gasteiger partial charge in [-0.05, 0) is 13.3 Å². The third-order valence-corrected chi connectivity index (χ3v) is 2.45. The molecular formula is C9H12F6O. The SMILES string of the molecule is CCCCC(=O)C(C)(C(F)(F)F)C(F)(F)F. The molecule has 0 aromatic carbocycles. The zero-order valence-electron chi connectivity index (χ0n) is 8.80. The molecule has 0 saturated heterocycles. The van der Waals surface area contributed by atoms with Gasteiger partial charge in [-0.3, -0.25) is 4.79 Å². The first-order chi connectivity index (χ1) is 6.98. The number of carbonyl (C=O) groups excluding carboxylic acids is 1. The van der Waals surface area contributed by atoms with Crippen molar-refractivity contribution in [1.29, 1.82) is 0 Å². The first-order valence-corrected chi connectivity index (χ1v) is 4.65. The number of Topliss-reactive ketones (excluding diaryl/α,β-unsaturated/α-hetero) is 1. The Morgan fingerprint density at radius 3 is 1.62 bits per heavy atom. The van der Waals surface area contributed by atoms with Crippen LogP contribution in [0.3, 0.4) is 0 Å². The van der Waals surface area contributed by atoms with Crippen molar-refractivity contribution < 1.29 is 31.1 Å². The number of unbranched alkanes of at least 4 members (excludes halogenated alkanes) is 1. The van der Waals surface area contributed by atoms with E-state index in [1.165, 1.54) is 0 Å². The Morgan fingerprint density at radius 2 is 1.38 bits per heavy atom. The van der Waals surface area contributed by atoms with E-state index in [0.717, 1.165) is 0 Å². The summed E-state index contributed by atoms with van der Waals surface area (Å²) < 4.78 is 74.0. The van der Waals surface area contributed by atoms with Crippen molar-refractivity contribution in [3.63, 3.8) is 0 Å². The van der Waals surface area contributed by atoms with Gasteiger partial charge in [-0.25, -0.2) is 0 Å². The third-order valence-electron chi connectivity index (χ3n) is 2.45. The summed E-state index contributed by atoms with van der Waals surface area (Å²) in [6.45, 7) is 1.47. The number of halogens is 6. The molecule has 0 aromatic heterocycles. The fourth-order valence-corrected chi connectivity index (χ4v) is 1.06. The second-order valence-electron chi connectivity index (χ2n) is 3.65. The van der Waals surface area contributed by atoms with Crippen LogP contribution in [0.25, 0.3) is 0 Å². The molecule has 0 bridgehead atoms. The highest BCUT2D eigenvalue weighted by atomic mass is 19.4. The van der Waals surface area contributed by atoms with E-state index >= 15 is 0 Å². The largest absolute Gasteiger partial charge is 0.409 e. The van der Waals surface area contributed by atoms with E-state index in [0.29, 0.717) is 6.42 Å². The molecule has 0 radical (unpaired) electrons. The van der Waals surface area contributed by atoms with Crippen LogP contribution < -0.4 is 0 Å². The molecular weight excluding hydrogens is 238 g/mol. The molecule has 0 saturated carbocycles. The fraction of sp³-hybridized carbons (Fsp3) is 0.889. The monoisotopic (exact) mass is 250 g/mol. The lowest BCUT2D eigenvalue weighted by Gasteiger charge is -2.32. The van der Waals surface area contributed by atoms with E-state index in [9.17, 15) is 31.1 Å². The van der Waals surface area contributed by atoms with Crippen molar-refractivity contribution in [2.45, 2.75) is 45.5 Å². The average molecular weight is 250 g/mol. The Balaban J connectivity index is 5.19. The van der Waals surface area contributed by atoms with E-state index in [1.807, 2.05) is 0 Å². The van der Waals surface area contributed by atoms with Crippen molar-refractivity contribution in [2.75, 3.05) is 0 Å². The molecule has 0 unspecified atom stereocenters. The van der Waals surface area contributed by atoms with Crippen LogP contribution in [0.1, 0.15) is 33.1 Å². The first kappa shape index (κ1) is 15.2. The van der Waals surface area contributed by atoms with Crippen LogP contribution in [0.15, 0.2) is 0 Å². The third kappa shape index (κ3) is 2.68. The molecule has 0 aliphatic carbocycles. The van der Waals surface area contributed by atoms with Crippen LogP contribution in [-0.2, 0) is 4.79 Å². The Labute approximate surface area is 88.8 Å². The van der Waals surface area contributed by atoms with E-state index in [-0.39, 0.29) is 13.3 Å². The van der Waals surface area contributed by atoms with Crippen molar-refractivity contribution in [2.24, 2.45) is 5.41 Å². The summed E-state index contributed by atoms with van der Waals surface area (Å²) in [4.78, 5) is 11.1. The van der Waals surface area contributed by atoms with Crippen LogP contribution in [0.5, 0.6) is 0 Å². The molecule has 96 valence electrons. The van der Waals surface area contributed by atoms with Gasteiger partial charge in [0, 0.05) is 6.42 Å². The minimum absolute atomic E-state index is 0.0145. The van der Waals surface area contributed by atoms with Crippen molar-refractivity contribution in [3.05, 3.63) is 0 Å². The summed E-state index contributed by atoms with van der Waals surface area (Å²) in [5.41, 5.74) is -4.25. The second kappa shape index (κ2) is 4.63. The van der Waals surface area contributed by atoms with Gasteiger partial charge >= 0.3 is 12.4 Å². The summed E-state index contributed by atoms with van der Waals surface area (Å²) in [5.74, 6) is -1.82. The summed E-state index contributed by atoms with van der Waals surface area (Å²) in [6, 6.07) is 0. The van der Waals surface area contributed by atoms with E-state index in [1.54, 1.807) is 6.92 Å². The van der Waals surface area contributed by atoms with Crippen molar-refractivity contribution in [3.8, 4) is 0 Å². The second-order valence-corrected chi connectivity index (χ2v) is 3.65. The predicted molar refractivity (Wildman–Crippen MR) is 44.7 cm³/mol. The molecule has 0 N–H and O–H groups in total. The molecule has 7 heteroatoms.